The molecule has 1 amide bonds. The second-order valence-electron chi connectivity index (χ2n) is 4.93. The Morgan fingerprint density at radius 3 is 2.82 bits per heavy atom. The van der Waals surface area contributed by atoms with Crippen molar-refractivity contribution in [2.24, 2.45) is 5.73 Å². The Kier molecular flexibility index (Phi) is 5.36. The third-order valence-corrected chi connectivity index (χ3v) is 3.01. The first-order chi connectivity index (χ1) is 8.01. The van der Waals surface area contributed by atoms with Gasteiger partial charge in [-0.15, -0.1) is 0 Å². The summed E-state index contributed by atoms with van der Waals surface area (Å²) in [6.07, 6.45) is 0.180. The Labute approximate surface area is 103 Å². The summed E-state index contributed by atoms with van der Waals surface area (Å²) >= 11 is 0. The molecule has 5 heteroatoms. The first kappa shape index (κ1) is 14.4. The van der Waals surface area contributed by atoms with E-state index < -0.39 is 0 Å². The molecule has 17 heavy (non-hydrogen) atoms. The molecular formula is C12H24N2O3. The van der Waals surface area contributed by atoms with Crippen LogP contribution in [-0.4, -0.2) is 55.4 Å². The van der Waals surface area contributed by atoms with Gasteiger partial charge in [-0.3, -0.25) is 4.79 Å². The maximum absolute atomic E-state index is 12.2. The molecule has 1 rings (SSSR count). The van der Waals surface area contributed by atoms with Crippen LogP contribution in [0.3, 0.4) is 0 Å². The van der Waals surface area contributed by atoms with Gasteiger partial charge in [-0.1, -0.05) is 0 Å². The summed E-state index contributed by atoms with van der Waals surface area (Å²) in [5.74, 6) is 0.0993. The molecule has 0 aromatic heterocycles. The van der Waals surface area contributed by atoms with Crippen molar-refractivity contribution >= 4 is 5.91 Å². The van der Waals surface area contributed by atoms with Gasteiger partial charge in [-0.2, -0.15) is 0 Å². The lowest BCUT2D eigenvalue weighted by atomic mass is 10.0. The zero-order chi connectivity index (χ0) is 12.9. The Bertz CT molecular complexity index is 256. The van der Waals surface area contributed by atoms with Crippen molar-refractivity contribution in [2.45, 2.75) is 38.8 Å². The normalized spacial score (nSPS) is 21.3. The fraction of sp³-hybridized carbons (Fsp3) is 0.917. The van der Waals surface area contributed by atoms with E-state index >= 15 is 0 Å². The second-order valence-corrected chi connectivity index (χ2v) is 4.93. The summed E-state index contributed by atoms with van der Waals surface area (Å²) < 4.78 is 10.8. The van der Waals surface area contributed by atoms with Gasteiger partial charge < -0.3 is 20.1 Å². The standard InChI is InChI=1S/C12H24N2O3/c1-4-17-10(8-13)7-11(15)14-5-6-16-9-12(14,2)3/h10H,4-9,13H2,1-3H3. The molecule has 0 aliphatic carbocycles. The first-order valence-electron chi connectivity index (χ1n) is 6.21. The predicted octanol–water partition coefficient (Wildman–Crippen LogP) is 0.378. The summed E-state index contributed by atoms with van der Waals surface area (Å²) in [7, 11) is 0. The van der Waals surface area contributed by atoms with E-state index in [0.717, 1.165) is 0 Å². The molecule has 2 N–H and O–H groups in total. The van der Waals surface area contributed by atoms with Crippen LogP contribution in [0.1, 0.15) is 27.2 Å². The number of carbonyl (C=O) groups is 1. The summed E-state index contributed by atoms with van der Waals surface area (Å²) in [5.41, 5.74) is 5.35. The van der Waals surface area contributed by atoms with Gasteiger partial charge in [0.1, 0.15) is 0 Å². The molecule has 0 aromatic carbocycles. The largest absolute Gasteiger partial charge is 0.377 e. The van der Waals surface area contributed by atoms with Gasteiger partial charge in [-0.05, 0) is 20.8 Å². The molecule has 0 radical (unpaired) electrons. The van der Waals surface area contributed by atoms with Crippen LogP contribution in [0.2, 0.25) is 0 Å². The maximum atomic E-state index is 12.2. The van der Waals surface area contributed by atoms with Gasteiger partial charge in [0.05, 0.1) is 31.3 Å². The first-order valence-corrected chi connectivity index (χ1v) is 6.21. The Hall–Kier alpha value is -0.650. The highest BCUT2D eigenvalue weighted by Crippen LogP contribution is 2.20. The average molecular weight is 244 g/mol. The number of hydrogen-bond acceptors (Lipinski definition) is 4. The van der Waals surface area contributed by atoms with Crippen molar-refractivity contribution in [1.82, 2.24) is 4.90 Å². The van der Waals surface area contributed by atoms with Gasteiger partial charge in [0.15, 0.2) is 0 Å². The van der Waals surface area contributed by atoms with Crippen LogP contribution in [0, 0.1) is 0 Å². The summed E-state index contributed by atoms with van der Waals surface area (Å²) in [5, 5.41) is 0. The molecule has 0 aromatic rings. The number of rotatable bonds is 5. The third-order valence-electron chi connectivity index (χ3n) is 3.01. The molecule has 1 unspecified atom stereocenters. The van der Waals surface area contributed by atoms with E-state index in [0.29, 0.717) is 39.3 Å². The quantitative estimate of drug-likeness (QED) is 0.759. The van der Waals surface area contributed by atoms with Crippen LogP contribution in [0.5, 0.6) is 0 Å². The monoisotopic (exact) mass is 244 g/mol. The smallest absolute Gasteiger partial charge is 0.225 e. The van der Waals surface area contributed by atoms with E-state index in [9.17, 15) is 4.79 Å². The zero-order valence-electron chi connectivity index (χ0n) is 11.1. The summed E-state index contributed by atoms with van der Waals surface area (Å²) in [6.45, 7) is 8.75. The third kappa shape index (κ3) is 3.94. The Morgan fingerprint density at radius 2 is 2.29 bits per heavy atom. The van der Waals surface area contributed by atoms with Crippen LogP contribution >= 0.6 is 0 Å². The number of nitrogens with two attached hydrogens (primary N) is 1. The highest BCUT2D eigenvalue weighted by Gasteiger charge is 2.34. The minimum atomic E-state index is -0.235. The van der Waals surface area contributed by atoms with Crippen molar-refractivity contribution in [2.75, 3.05) is 32.9 Å². The molecule has 1 aliphatic rings. The van der Waals surface area contributed by atoms with Gasteiger partial charge in [0.25, 0.3) is 0 Å². The number of hydrogen-bond donors (Lipinski definition) is 1. The van der Waals surface area contributed by atoms with Gasteiger partial charge >= 0.3 is 0 Å². The molecule has 5 nitrogen and oxygen atoms in total. The number of nitrogens with zero attached hydrogens (tertiary/aromatic N) is 1. The van der Waals surface area contributed by atoms with E-state index in [1.807, 2.05) is 25.7 Å². The van der Waals surface area contributed by atoms with E-state index in [-0.39, 0.29) is 17.6 Å². The van der Waals surface area contributed by atoms with Crippen LogP contribution in [0.25, 0.3) is 0 Å². The molecule has 0 spiro atoms. The van der Waals surface area contributed by atoms with Crippen molar-refractivity contribution < 1.29 is 14.3 Å². The maximum Gasteiger partial charge on any atom is 0.225 e. The zero-order valence-corrected chi connectivity index (χ0v) is 11.1. The second kappa shape index (κ2) is 6.33. The SMILES string of the molecule is CCOC(CN)CC(=O)N1CCOCC1(C)C. The van der Waals surface area contributed by atoms with Gasteiger partial charge in [-0.25, -0.2) is 0 Å². The lowest BCUT2D eigenvalue weighted by Gasteiger charge is -2.42. The average Bonchev–Trinajstić information content (AvgIpc) is 2.27. The molecule has 1 fully saturated rings. The van der Waals surface area contributed by atoms with Crippen LogP contribution in [0.15, 0.2) is 0 Å². The number of amides is 1. The molecule has 1 atom stereocenters. The van der Waals surface area contributed by atoms with Crippen molar-refractivity contribution in [3.8, 4) is 0 Å². The van der Waals surface area contributed by atoms with Gasteiger partial charge in [0.2, 0.25) is 5.91 Å². The molecule has 100 valence electrons. The van der Waals surface area contributed by atoms with Crippen LogP contribution < -0.4 is 5.73 Å². The van der Waals surface area contributed by atoms with Crippen molar-refractivity contribution in [1.29, 1.82) is 0 Å². The fourth-order valence-electron chi connectivity index (χ4n) is 2.07. The van der Waals surface area contributed by atoms with E-state index in [2.05, 4.69) is 0 Å². The topological polar surface area (TPSA) is 64.8 Å². The highest BCUT2D eigenvalue weighted by atomic mass is 16.5. The van der Waals surface area contributed by atoms with Crippen molar-refractivity contribution in [3.05, 3.63) is 0 Å². The Balaban J connectivity index is 2.55. The number of ether oxygens (including phenoxy) is 2. The highest BCUT2D eigenvalue weighted by molar-refractivity contribution is 5.77. The van der Waals surface area contributed by atoms with Crippen molar-refractivity contribution in [3.63, 3.8) is 0 Å². The van der Waals surface area contributed by atoms with E-state index in [1.165, 1.54) is 0 Å². The molecule has 0 saturated carbocycles. The minimum absolute atomic E-state index is 0.0993. The number of morpholine rings is 1. The fourth-order valence-corrected chi connectivity index (χ4v) is 2.07. The van der Waals surface area contributed by atoms with E-state index in [4.69, 9.17) is 15.2 Å². The lowest BCUT2D eigenvalue weighted by molar-refractivity contribution is -0.149. The van der Waals surface area contributed by atoms with E-state index in [1.54, 1.807) is 0 Å². The number of carbonyl (C=O) groups excluding carboxylic acids is 1. The van der Waals surface area contributed by atoms with Gasteiger partial charge in [0, 0.05) is 19.7 Å². The van der Waals surface area contributed by atoms with Crippen LogP contribution in [0.4, 0.5) is 0 Å². The summed E-state index contributed by atoms with van der Waals surface area (Å²) in [4.78, 5) is 14.1. The molecule has 0 bridgehead atoms. The molecule has 1 heterocycles. The minimum Gasteiger partial charge on any atom is -0.377 e. The summed E-state index contributed by atoms with van der Waals surface area (Å²) in [6, 6.07) is 0. The molecule has 1 saturated heterocycles. The molecule has 1 aliphatic heterocycles. The Morgan fingerprint density at radius 1 is 1.59 bits per heavy atom. The van der Waals surface area contributed by atoms with Crippen LogP contribution in [-0.2, 0) is 14.3 Å². The lowest BCUT2D eigenvalue weighted by Crippen LogP contribution is -2.56. The molecular weight excluding hydrogens is 220 g/mol. The predicted molar refractivity (Wildman–Crippen MR) is 65.7 cm³/mol.